The summed E-state index contributed by atoms with van der Waals surface area (Å²) in [5.74, 6) is 1.96. The van der Waals surface area contributed by atoms with E-state index in [1.165, 1.54) is 17.3 Å². The number of anilines is 2. The molecule has 1 unspecified atom stereocenters. The normalized spacial score (nSPS) is 13.9. The second-order valence-corrected chi connectivity index (χ2v) is 12.3. The van der Waals surface area contributed by atoms with Gasteiger partial charge in [-0.3, -0.25) is 24.2 Å². The van der Waals surface area contributed by atoms with Crippen LogP contribution in [0, 0.1) is 0 Å². The van der Waals surface area contributed by atoms with E-state index >= 15 is 0 Å². The molecule has 282 valence electrons. The molecule has 0 spiro atoms. The fourth-order valence-corrected chi connectivity index (χ4v) is 5.86. The fourth-order valence-electron chi connectivity index (χ4n) is 5.86. The first kappa shape index (κ1) is 36.3. The molecule has 9 rings (SSSR count). The van der Waals surface area contributed by atoms with Crippen molar-refractivity contribution in [1.82, 2.24) is 69.4 Å². The van der Waals surface area contributed by atoms with Gasteiger partial charge in [0.25, 0.3) is 5.56 Å². The van der Waals surface area contributed by atoms with E-state index in [0.29, 0.717) is 33.9 Å². The summed E-state index contributed by atoms with van der Waals surface area (Å²) >= 11 is 0. The lowest BCUT2D eigenvalue weighted by Crippen LogP contribution is -2.19. The van der Waals surface area contributed by atoms with Crippen LogP contribution in [0.15, 0.2) is 78.4 Å². The highest BCUT2D eigenvalue weighted by Gasteiger charge is 2.20. The van der Waals surface area contributed by atoms with Crippen molar-refractivity contribution in [2.24, 2.45) is 14.1 Å². The molecule has 20 nitrogen and oxygen atoms in total. The Morgan fingerprint density at radius 2 is 1.62 bits per heavy atom. The van der Waals surface area contributed by atoms with Gasteiger partial charge >= 0.3 is 0 Å². The number of aromatic nitrogens is 14. The number of ether oxygens (including phenoxy) is 2. The molecule has 1 aliphatic rings. The van der Waals surface area contributed by atoms with E-state index < -0.39 is 0 Å². The van der Waals surface area contributed by atoms with Crippen molar-refractivity contribution in [3.63, 3.8) is 0 Å². The number of nitrogens with one attached hydrogen (secondary N) is 2. The molecule has 6 aromatic heterocycles. The third-order valence-corrected chi connectivity index (χ3v) is 8.70. The molecule has 55 heavy (non-hydrogen) atoms. The largest absolute Gasteiger partial charge is 0.469 e. The minimum atomic E-state index is -0.233. The zero-order chi connectivity index (χ0) is 38.3. The maximum atomic E-state index is 11.9. The van der Waals surface area contributed by atoms with Gasteiger partial charge in [-0.25, -0.2) is 24.6 Å². The van der Waals surface area contributed by atoms with Crippen LogP contribution in [0.1, 0.15) is 37.1 Å². The van der Waals surface area contributed by atoms with Crippen LogP contribution in [0.25, 0.3) is 44.3 Å². The summed E-state index contributed by atoms with van der Waals surface area (Å²) in [6.45, 7) is 0.954. The third kappa shape index (κ3) is 8.29. The fraction of sp³-hybridized carbons (Fsp3) is 0.257. The summed E-state index contributed by atoms with van der Waals surface area (Å²) in [5, 5.41) is 28.8. The molecule has 7 heterocycles. The quantitative estimate of drug-likeness (QED) is 0.157. The number of H-pyrrole nitrogens is 2. The molecule has 1 aliphatic heterocycles. The van der Waals surface area contributed by atoms with Crippen molar-refractivity contribution in [2.75, 3.05) is 18.1 Å². The van der Waals surface area contributed by atoms with Crippen LogP contribution >= 0.6 is 0 Å². The lowest BCUT2D eigenvalue weighted by molar-refractivity contribution is -0.0383. The van der Waals surface area contributed by atoms with E-state index in [-0.39, 0.29) is 36.9 Å². The summed E-state index contributed by atoms with van der Waals surface area (Å²) in [5.41, 5.74) is 16.2. The maximum absolute atomic E-state index is 11.9. The monoisotopic (exact) mass is 746 g/mol. The first-order valence-corrected chi connectivity index (χ1v) is 17.2. The SMILES string of the molecule is Cn1ncnc1CO.Cn1ncnc1COc1nc(N)nc2cc(-c3ccn[nH]3)ccc12.Nc1nc2cc(-c3ccnn3C3CCCCO3)ccc2c(=O)[nH]1. The van der Waals surface area contributed by atoms with Gasteiger partial charge in [-0.2, -0.15) is 25.4 Å². The molecule has 0 saturated carbocycles. The minimum Gasteiger partial charge on any atom is -0.469 e. The molecule has 0 amide bonds. The average Bonchev–Trinajstić information content (AvgIpc) is 4.03. The van der Waals surface area contributed by atoms with Crippen LogP contribution in [0.4, 0.5) is 11.9 Å². The van der Waals surface area contributed by atoms with Crippen molar-refractivity contribution in [2.45, 2.75) is 38.7 Å². The number of rotatable bonds is 7. The van der Waals surface area contributed by atoms with E-state index in [1.807, 2.05) is 47.1 Å². The lowest BCUT2D eigenvalue weighted by atomic mass is 10.1. The van der Waals surface area contributed by atoms with Gasteiger partial charge in [-0.05, 0) is 55.7 Å². The highest BCUT2D eigenvalue weighted by Crippen LogP contribution is 2.30. The number of hydrogen-bond acceptors (Lipinski definition) is 15. The number of aromatic amines is 2. The highest BCUT2D eigenvalue weighted by atomic mass is 16.5. The molecule has 20 heteroatoms. The van der Waals surface area contributed by atoms with E-state index in [9.17, 15) is 4.79 Å². The molecule has 8 aromatic rings. The number of nitrogens with two attached hydrogens (primary N) is 2. The Kier molecular flexibility index (Phi) is 10.8. The summed E-state index contributed by atoms with van der Waals surface area (Å²) in [6, 6.07) is 15.1. The van der Waals surface area contributed by atoms with Crippen molar-refractivity contribution in [3.8, 4) is 28.4 Å². The molecule has 0 bridgehead atoms. The molecule has 7 N–H and O–H groups in total. The number of aliphatic hydroxyl groups excluding tert-OH is 1. The maximum Gasteiger partial charge on any atom is 0.260 e. The van der Waals surface area contributed by atoms with E-state index in [1.54, 1.807) is 37.2 Å². The van der Waals surface area contributed by atoms with Gasteiger partial charge in [-0.1, -0.05) is 12.1 Å². The van der Waals surface area contributed by atoms with Crippen molar-refractivity contribution >= 4 is 33.7 Å². The van der Waals surface area contributed by atoms with Gasteiger partial charge in [-0.15, -0.1) is 0 Å². The second kappa shape index (κ2) is 16.3. The Hall–Kier alpha value is -7.06. The average molecular weight is 747 g/mol. The Morgan fingerprint density at radius 1 is 0.873 bits per heavy atom. The standard InChI is InChI=1S/C16H17N5O2.C15H14N8O.C4H7N3O/c17-16-19-12-9-10(4-5-11(12)15(22)20-16)13-6-7-18-21(13)14-3-1-2-8-23-14;1-23-13(17-8-19-23)7-24-14-10-3-2-9(11-4-5-18-22-11)6-12(10)20-15(16)21-14;1-7-4(2-8)5-3-6-7/h4-7,9,14H,1-3,8H2,(H3,17,19,20,22);2-6,8H,7H2,1H3,(H,18,22)(H2,16,20,21);3,8H,2H2,1H3. The van der Waals surface area contributed by atoms with Crippen LogP contribution in [-0.4, -0.2) is 81.2 Å². The second-order valence-electron chi connectivity index (χ2n) is 12.3. The summed E-state index contributed by atoms with van der Waals surface area (Å²) in [4.78, 5) is 34.9. The van der Waals surface area contributed by atoms with E-state index in [2.05, 4.69) is 55.4 Å². The van der Waals surface area contributed by atoms with Crippen molar-refractivity contribution in [3.05, 3.63) is 95.6 Å². The number of nitrogens with zero attached hydrogens (tertiary/aromatic N) is 12. The first-order valence-electron chi connectivity index (χ1n) is 17.2. The van der Waals surface area contributed by atoms with E-state index in [4.69, 9.17) is 26.0 Å². The minimum absolute atomic E-state index is 0.0401. The van der Waals surface area contributed by atoms with Gasteiger partial charge < -0.3 is 26.0 Å². The van der Waals surface area contributed by atoms with Crippen LogP contribution in [0.3, 0.4) is 0 Å². The lowest BCUT2D eigenvalue weighted by Gasteiger charge is -2.24. The zero-order valence-electron chi connectivity index (χ0n) is 29.9. The Labute approximate surface area is 312 Å². The van der Waals surface area contributed by atoms with Gasteiger partial charge in [0, 0.05) is 44.2 Å². The van der Waals surface area contributed by atoms with E-state index in [0.717, 1.165) is 53.8 Å². The van der Waals surface area contributed by atoms with Gasteiger partial charge in [0.15, 0.2) is 17.9 Å². The summed E-state index contributed by atoms with van der Waals surface area (Å²) in [6.07, 6.45) is 9.48. The number of nitrogen functional groups attached to an aromatic ring is 2. The van der Waals surface area contributed by atoms with Gasteiger partial charge in [0.05, 0.1) is 33.2 Å². The molecular weight excluding hydrogens is 708 g/mol. The summed E-state index contributed by atoms with van der Waals surface area (Å²) < 4.78 is 16.7. The smallest absolute Gasteiger partial charge is 0.260 e. The molecule has 1 atom stereocenters. The number of aryl methyl sites for hydroxylation is 2. The number of hydrogen-bond donors (Lipinski definition) is 5. The van der Waals surface area contributed by atoms with Crippen LogP contribution in [-0.2, 0) is 32.0 Å². The molecule has 0 aliphatic carbocycles. The van der Waals surface area contributed by atoms with Crippen LogP contribution in [0.5, 0.6) is 5.88 Å². The third-order valence-electron chi connectivity index (χ3n) is 8.70. The molecular formula is C35H38N16O4. The number of fused-ring (bicyclic) bond motifs is 2. The molecule has 2 aromatic carbocycles. The topological polar surface area (TPSA) is 270 Å². The Bertz CT molecular complexity index is 2570. The van der Waals surface area contributed by atoms with Crippen LogP contribution < -0.4 is 21.8 Å². The van der Waals surface area contributed by atoms with Gasteiger partial charge in [0.2, 0.25) is 17.8 Å². The molecule has 1 fully saturated rings. The Morgan fingerprint density at radius 3 is 2.31 bits per heavy atom. The molecule has 1 saturated heterocycles. The Balaban J connectivity index is 0.000000141. The first-order chi connectivity index (χ1) is 26.8. The number of aliphatic hydroxyl groups is 1. The summed E-state index contributed by atoms with van der Waals surface area (Å²) in [7, 11) is 3.54. The predicted molar refractivity (Wildman–Crippen MR) is 201 cm³/mol. The van der Waals surface area contributed by atoms with Crippen molar-refractivity contribution in [1.29, 1.82) is 0 Å². The highest BCUT2D eigenvalue weighted by molar-refractivity contribution is 5.88. The van der Waals surface area contributed by atoms with Crippen molar-refractivity contribution < 1.29 is 14.6 Å². The predicted octanol–water partition coefficient (Wildman–Crippen LogP) is 2.68. The molecule has 0 radical (unpaired) electrons. The van der Waals surface area contributed by atoms with Gasteiger partial charge in [0.1, 0.15) is 25.9 Å². The number of benzene rings is 2. The zero-order valence-corrected chi connectivity index (χ0v) is 29.9. The van der Waals surface area contributed by atoms with Crippen LogP contribution in [0.2, 0.25) is 0 Å².